The average Bonchev–Trinajstić information content (AvgIpc) is 1.89. The molecule has 0 saturated carbocycles. The molecule has 0 saturated heterocycles. The van der Waals surface area contributed by atoms with E-state index in [1.54, 1.807) is 0 Å². The molecule has 0 aliphatic carbocycles. The number of hydroxylamine groups is 1. The first kappa shape index (κ1) is 9.92. The third-order valence-electron chi connectivity index (χ3n) is 1.48. The van der Waals surface area contributed by atoms with E-state index in [1.165, 1.54) is 0 Å². The Morgan fingerprint density at radius 2 is 2.10 bits per heavy atom. The van der Waals surface area contributed by atoms with E-state index in [9.17, 15) is 0 Å². The van der Waals surface area contributed by atoms with Crippen LogP contribution in [0.3, 0.4) is 0 Å². The highest BCUT2D eigenvalue weighted by molar-refractivity contribution is 4.58. The summed E-state index contributed by atoms with van der Waals surface area (Å²) in [5.41, 5.74) is 2.77. The van der Waals surface area contributed by atoms with Crippen LogP contribution in [0.1, 0.15) is 27.2 Å². The van der Waals surface area contributed by atoms with Gasteiger partial charge in [-0.2, -0.15) is 0 Å². The number of rotatable bonds is 5. The van der Waals surface area contributed by atoms with Gasteiger partial charge in [0.25, 0.3) is 0 Å². The highest BCUT2D eigenvalue weighted by Crippen LogP contribution is 2.07. The predicted octanol–water partition coefficient (Wildman–Crippen LogP) is 1.78. The normalized spacial score (nSPS) is 14.1. The second-order valence-corrected chi connectivity index (χ2v) is 2.70. The van der Waals surface area contributed by atoms with Crippen molar-refractivity contribution in [1.82, 2.24) is 5.48 Å². The van der Waals surface area contributed by atoms with E-state index in [4.69, 9.17) is 4.84 Å². The summed E-state index contributed by atoms with van der Waals surface area (Å²) < 4.78 is 0. The lowest BCUT2D eigenvalue weighted by Crippen LogP contribution is -2.27. The molecule has 1 atom stereocenters. The molecule has 1 radical (unpaired) electrons. The molecule has 0 aromatic carbocycles. The van der Waals surface area contributed by atoms with Crippen molar-refractivity contribution in [3.8, 4) is 0 Å². The van der Waals surface area contributed by atoms with Crippen molar-refractivity contribution in [2.45, 2.75) is 33.3 Å². The molecule has 0 heterocycles. The molecule has 0 aromatic rings. The molecule has 0 aliphatic heterocycles. The van der Waals surface area contributed by atoms with Crippen molar-refractivity contribution in [1.29, 1.82) is 0 Å². The second kappa shape index (κ2) is 5.69. The van der Waals surface area contributed by atoms with Crippen molar-refractivity contribution < 1.29 is 4.84 Å². The minimum absolute atomic E-state index is 0.321. The molecule has 0 aromatic heterocycles. The van der Waals surface area contributed by atoms with Gasteiger partial charge in [-0.25, -0.2) is 5.48 Å². The molecule has 0 fully saturated rings. The van der Waals surface area contributed by atoms with E-state index in [-0.39, 0.29) is 0 Å². The molecule has 2 heteroatoms. The number of nitrogens with one attached hydrogen (secondary N) is 1. The minimum Gasteiger partial charge on any atom is -0.298 e. The Morgan fingerprint density at radius 1 is 1.50 bits per heavy atom. The Bertz CT molecular complexity index is 73.7. The summed E-state index contributed by atoms with van der Waals surface area (Å²) in [6.07, 6.45) is 1.37. The minimum atomic E-state index is 0.321. The van der Waals surface area contributed by atoms with Gasteiger partial charge in [0.05, 0.1) is 6.10 Å². The third kappa shape index (κ3) is 3.85. The molecule has 1 unspecified atom stereocenters. The summed E-state index contributed by atoms with van der Waals surface area (Å²) in [7, 11) is 0. The van der Waals surface area contributed by atoms with Gasteiger partial charge >= 0.3 is 0 Å². The van der Waals surface area contributed by atoms with Gasteiger partial charge in [-0.3, -0.25) is 4.84 Å². The molecule has 0 spiro atoms. The molecule has 0 rings (SSSR count). The zero-order valence-electron chi connectivity index (χ0n) is 7.18. The van der Waals surface area contributed by atoms with E-state index in [0.29, 0.717) is 18.6 Å². The lowest BCUT2D eigenvalue weighted by atomic mass is 10.1. The Morgan fingerprint density at radius 3 is 2.40 bits per heavy atom. The molecule has 1 N–H and O–H groups in total. The molecule has 0 aliphatic rings. The smallest absolute Gasteiger partial charge is 0.0810 e. The lowest BCUT2D eigenvalue weighted by molar-refractivity contribution is -0.0448. The molecule has 0 amide bonds. The van der Waals surface area contributed by atoms with E-state index in [0.717, 1.165) is 6.42 Å². The first-order chi connectivity index (χ1) is 4.72. The van der Waals surface area contributed by atoms with Crippen LogP contribution >= 0.6 is 0 Å². The Labute approximate surface area is 63.9 Å². The Kier molecular flexibility index (Phi) is 5.64. The van der Waals surface area contributed by atoms with Gasteiger partial charge in [0.1, 0.15) is 0 Å². The molecule has 61 valence electrons. The van der Waals surface area contributed by atoms with Crippen molar-refractivity contribution in [2.24, 2.45) is 5.92 Å². The molecule has 10 heavy (non-hydrogen) atoms. The van der Waals surface area contributed by atoms with Crippen LogP contribution in [0.15, 0.2) is 0 Å². The quantitative estimate of drug-likeness (QED) is 0.594. The third-order valence-corrected chi connectivity index (χ3v) is 1.48. The highest BCUT2D eigenvalue weighted by Gasteiger charge is 2.10. The maximum Gasteiger partial charge on any atom is 0.0810 e. The van der Waals surface area contributed by atoms with Crippen LogP contribution in [0.5, 0.6) is 0 Å². The topological polar surface area (TPSA) is 21.3 Å². The zero-order chi connectivity index (χ0) is 7.98. The standard InChI is InChI=1S/C8H18NO/c1-5-8(7(3)4)10-9-6-2/h7-9H,2,5-6H2,1,3-4H3. The highest BCUT2D eigenvalue weighted by atomic mass is 16.7. The maximum absolute atomic E-state index is 5.29. The van der Waals surface area contributed by atoms with Gasteiger partial charge in [-0.1, -0.05) is 20.8 Å². The maximum atomic E-state index is 5.29. The Balaban J connectivity index is 3.40. The summed E-state index contributed by atoms with van der Waals surface area (Å²) in [5.74, 6) is 0.573. The molecule has 2 nitrogen and oxygen atoms in total. The first-order valence-corrected chi connectivity index (χ1v) is 3.90. The van der Waals surface area contributed by atoms with Crippen LogP contribution < -0.4 is 5.48 Å². The molecule has 0 bridgehead atoms. The van der Waals surface area contributed by atoms with E-state index < -0.39 is 0 Å². The van der Waals surface area contributed by atoms with Crippen LogP contribution in [-0.4, -0.2) is 12.6 Å². The number of hydrogen-bond acceptors (Lipinski definition) is 2. The monoisotopic (exact) mass is 144 g/mol. The van der Waals surface area contributed by atoms with E-state index in [1.807, 2.05) is 0 Å². The zero-order valence-corrected chi connectivity index (χ0v) is 7.18. The lowest BCUT2D eigenvalue weighted by Gasteiger charge is -2.18. The SMILES string of the molecule is [CH2]CNOC(CC)C(C)C. The van der Waals surface area contributed by atoms with Crippen LogP contribution in [0.4, 0.5) is 0 Å². The summed E-state index contributed by atoms with van der Waals surface area (Å²) in [6.45, 7) is 10.7. The average molecular weight is 144 g/mol. The van der Waals surface area contributed by atoms with E-state index in [2.05, 4.69) is 33.2 Å². The van der Waals surface area contributed by atoms with Gasteiger partial charge < -0.3 is 0 Å². The fraction of sp³-hybridized carbons (Fsp3) is 0.875. The van der Waals surface area contributed by atoms with E-state index >= 15 is 0 Å². The first-order valence-electron chi connectivity index (χ1n) is 3.90. The van der Waals surface area contributed by atoms with Crippen molar-refractivity contribution in [3.63, 3.8) is 0 Å². The van der Waals surface area contributed by atoms with Gasteiger partial charge in [-0.05, 0) is 19.3 Å². The van der Waals surface area contributed by atoms with Gasteiger partial charge in [0, 0.05) is 6.54 Å². The van der Waals surface area contributed by atoms with Gasteiger partial charge in [0.2, 0.25) is 0 Å². The van der Waals surface area contributed by atoms with Crippen LogP contribution in [0.25, 0.3) is 0 Å². The van der Waals surface area contributed by atoms with Crippen molar-refractivity contribution in [3.05, 3.63) is 6.92 Å². The summed E-state index contributed by atoms with van der Waals surface area (Å²) in [5, 5.41) is 0. The Hall–Kier alpha value is -0.0800. The largest absolute Gasteiger partial charge is 0.298 e. The predicted molar refractivity (Wildman–Crippen MR) is 43.4 cm³/mol. The van der Waals surface area contributed by atoms with Crippen molar-refractivity contribution in [2.75, 3.05) is 6.54 Å². The van der Waals surface area contributed by atoms with Crippen LogP contribution in [0.2, 0.25) is 0 Å². The summed E-state index contributed by atoms with van der Waals surface area (Å²) in [4.78, 5) is 5.29. The fourth-order valence-corrected chi connectivity index (χ4v) is 0.857. The summed E-state index contributed by atoms with van der Waals surface area (Å²) in [6, 6.07) is 0. The van der Waals surface area contributed by atoms with Gasteiger partial charge in [0.15, 0.2) is 0 Å². The summed E-state index contributed by atoms with van der Waals surface area (Å²) >= 11 is 0. The molecular formula is C8H18NO. The van der Waals surface area contributed by atoms with Gasteiger partial charge in [-0.15, -0.1) is 0 Å². The second-order valence-electron chi connectivity index (χ2n) is 2.70. The number of hydrogen-bond donors (Lipinski definition) is 1. The van der Waals surface area contributed by atoms with Crippen LogP contribution in [0, 0.1) is 12.8 Å². The molecular weight excluding hydrogens is 126 g/mol. The van der Waals surface area contributed by atoms with Crippen LogP contribution in [-0.2, 0) is 4.84 Å². The fourth-order valence-electron chi connectivity index (χ4n) is 0.857. The van der Waals surface area contributed by atoms with Crippen molar-refractivity contribution >= 4 is 0 Å².